The zero-order valence-electron chi connectivity index (χ0n) is 16.8. The largest absolute Gasteiger partial charge is 0.454 e. The molecule has 0 spiro atoms. The number of carbonyl (C=O) groups is 1. The van der Waals surface area contributed by atoms with E-state index in [1.807, 2.05) is 46.8 Å². The van der Waals surface area contributed by atoms with E-state index in [1.54, 1.807) is 18.2 Å². The van der Waals surface area contributed by atoms with Gasteiger partial charge in [0.15, 0.2) is 11.5 Å². The van der Waals surface area contributed by atoms with E-state index in [0.29, 0.717) is 28.3 Å². The number of nitrogens with one attached hydrogen (secondary N) is 1. The van der Waals surface area contributed by atoms with Crippen LogP contribution in [0.3, 0.4) is 0 Å². The van der Waals surface area contributed by atoms with Gasteiger partial charge in [-0.25, -0.2) is 0 Å². The minimum Gasteiger partial charge on any atom is -0.454 e. The number of carbonyl (C=O) groups excluding carboxylic acids is 1. The molecule has 0 fully saturated rings. The van der Waals surface area contributed by atoms with Gasteiger partial charge >= 0.3 is 0 Å². The molecular formula is C23H24N2O3. The summed E-state index contributed by atoms with van der Waals surface area (Å²) >= 11 is 0. The van der Waals surface area contributed by atoms with Crippen LogP contribution in [0.1, 0.15) is 47.8 Å². The predicted molar refractivity (Wildman–Crippen MR) is 108 cm³/mol. The Bertz CT molecular complexity index is 987. The second-order valence-corrected chi connectivity index (χ2v) is 8.01. The molecule has 0 saturated carbocycles. The van der Waals surface area contributed by atoms with E-state index in [2.05, 4.69) is 17.5 Å². The Kier molecular flexibility index (Phi) is 5.15. The lowest BCUT2D eigenvalue weighted by Crippen LogP contribution is -2.31. The van der Waals surface area contributed by atoms with Crippen LogP contribution in [-0.2, 0) is 0 Å². The van der Waals surface area contributed by atoms with E-state index in [4.69, 9.17) is 9.47 Å². The molecule has 3 rings (SSSR count). The first kappa shape index (κ1) is 19.5. The molecule has 1 aliphatic heterocycles. The number of ether oxygens (including phenoxy) is 2. The highest BCUT2D eigenvalue weighted by Crippen LogP contribution is 2.34. The molecule has 2 aromatic carbocycles. The number of nitrogens with zero attached hydrogens (tertiary/aromatic N) is 1. The van der Waals surface area contributed by atoms with Crippen LogP contribution in [0.4, 0.5) is 0 Å². The Hall–Kier alpha value is -3.26. The molecule has 1 heterocycles. The number of rotatable bonds is 3. The fraction of sp³-hybridized carbons (Fsp3) is 0.304. The van der Waals surface area contributed by atoms with Crippen molar-refractivity contribution in [1.82, 2.24) is 5.32 Å². The number of benzene rings is 2. The van der Waals surface area contributed by atoms with Crippen LogP contribution in [0.25, 0.3) is 5.57 Å². The van der Waals surface area contributed by atoms with Crippen molar-refractivity contribution >= 4 is 11.5 Å². The van der Waals surface area contributed by atoms with Crippen LogP contribution in [0.2, 0.25) is 0 Å². The van der Waals surface area contributed by atoms with Gasteiger partial charge in [-0.05, 0) is 37.6 Å². The van der Waals surface area contributed by atoms with Gasteiger partial charge in [-0.1, -0.05) is 50.1 Å². The third-order valence-corrected chi connectivity index (χ3v) is 4.50. The van der Waals surface area contributed by atoms with Gasteiger partial charge in [0, 0.05) is 16.7 Å². The highest BCUT2D eigenvalue weighted by Gasteiger charge is 2.26. The van der Waals surface area contributed by atoms with Crippen molar-refractivity contribution in [3.05, 3.63) is 64.3 Å². The van der Waals surface area contributed by atoms with Crippen molar-refractivity contribution in [2.45, 2.75) is 34.6 Å². The Morgan fingerprint density at radius 2 is 1.64 bits per heavy atom. The zero-order valence-corrected chi connectivity index (χ0v) is 16.8. The third kappa shape index (κ3) is 4.01. The molecule has 144 valence electrons. The highest BCUT2D eigenvalue weighted by molar-refractivity contribution is 5.98. The Labute approximate surface area is 165 Å². The molecule has 5 heteroatoms. The van der Waals surface area contributed by atoms with E-state index in [1.165, 1.54) is 0 Å². The van der Waals surface area contributed by atoms with Gasteiger partial charge in [-0.15, -0.1) is 0 Å². The molecular weight excluding hydrogens is 352 g/mol. The summed E-state index contributed by atoms with van der Waals surface area (Å²) in [5.74, 6) is 0.875. The van der Waals surface area contributed by atoms with E-state index < -0.39 is 5.41 Å². The van der Waals surface area contributed by atoms with Gasteiger partial charge in [0.05, 0.1) is 5.57 Å². The molecule has 5 nitrogen and oxygen atoms in total. The number of amides is 1. The molecule has 0 radical (unpaired) electrons. The van der Waals surface area contributed by atoms with Crippen LogP contribution in [0, 0.1) is 30.6 Å². The molecule has 0 aromatic heterocycles. The molecule has 1 aliphatic rings. The highest BCUT2D eigenvalue weighted by atomic mass is 16.7. The number of nitriles is 1. The topological polar surface area (TPSA) is 71.4 Å². The number of hydrogen-bond acceptors (Lipinski definition) is 4. The van der Waals surface area contributed by atoms with Gasteiger partial charge in [-0.3, -0.25) is 4.79 Å². The van der Waals surface area contributed by atoms with E-state index in [9.17, 15) is 10.1 Å². The quantitative estimate of drug-likeness (QED) is 0.785. The smallest absolute Gasteiger partial charge is 0.255 e. The summed E-state index contributed by atoms with van der Waals surface area (Å²) in [4.78, 5) is 12.9. The van der Waals surface area contributed by atoms with Crippen LogP contribution in [0.15, 0.2) is 42.1 Å². The Morgan fingerprint density at radius 1 is 1.00 bits per heavy atom. The Morgan fingerprint density at radius 3 is 2.25 bits per heavy atom. The summed E-state index contributed by atoms with van der Waals surface area (Å²) in [6.07, 6.45) is 0. The van der Waals surface area contributed by atoms with Crippen LogP contribution in [0.5, 0.6) is 11.5 Å². The molecule has 0 unspecified atom stereocenters. The maximum atomic E-state index is 12.9. The van der Waals surface area contributed by atoms with Crippen molar-refractivity contribution in [2.75, 3.05) is 6.79 Å². The maximum absolute atomic E-state index is 12.9. The number of allylic oxidation sites excluding steroid dienone is 2. The molecule has 0 atom stereocenters. The number of fused-ring (bicyclic) bond motifs is 1. The van der Waals surface area contributed by atoms with Crippen LogP contribution < -0.4 is 14.8 Å². The van der Waals surface area contributed by atoms with Gasteiger partial charge < -0.3 is 14.8 Å². The van der Waals surface area contributed by atoms with Crippen LogP contribution >= 0.6 is 0 Å². The zero-order chi connectivity index (χ0) is 20.5. The third-order valence-electron chi connectivity index (χ3n) is 4.50. The average Bonchev–Trinajstić information content (AvgIpc) is 3.07. The van der Waals surface area contributed by atoms with Crippen molar-refractivity contribution < 1.29 is 14.3 Å². The molecule has 28 heavy (non-hydrogen) atoms. The second kappa shape index (κ2) is 7.40. The van der Waals surface area contributed by atoms with Crippen molar-refractivity contribution in [3.8, 4) is 17.6 Å². The summed E-state index contributed by atoms with van der Waals surface area (Å²) < 4.78 is 10.7. The summed E-state index contributed by atoms with van der Waals surface area (Å²) in [6.45, 7) is 10.1. The molecule has 1 N–H and O–H groups in total. The summed E-state index contributed by atoms with van der Waals surface area (Å²) in [7, 11) is 0. The number of aryl methyl sites for hydroxylation is 2. The lowest BCUT2D eigenvalue weighted by Gasteiger charge is -2.26. The summed E-state index contributed by atoms with van der Waals surface area (Å²) in [5.41, 5.74) is 4.00. The van der Waals surface area contributed by atoms with Gasteiger partial charge in [0.25, 0.3) is 5.91 Å². The van der Waals surface area contributed by atoms with Gasteiger partial charge in [0.2, 0.25) is 6.79 Å². The van der Waals surface area contributed by atoms with E-state index >= 15 is 0 Å². The second-order valence-electron chi connectivity index (χ2n) is 8.01. The predicted octanol–water partition coefficient (Wildman–Crippen LogP) is 4.74. The lowest BCUT2D eigenvalue weighted by atomic mass is 9.86. The SMILES string of the molecule is Cc1cc(C)cc(C(C#N)=C(NC(=O)c2ccc3c(c2)OCO3)C(C)(C)C)c1. The van der Waals surface area contributed by atoms with Gasteiger partial charge in [-0.2, -0.15) is 5.26 Å². The average molecular weight is 376 g/mol. The fourth-order valence-corrected chi connectivity index (χ4v) is 3.23. The molecule has 0 aliphatic carbocycles. The molecule has 2 aromatic rings. The minimum absolute atomic E-state index is 0.152. The first-order valence-electron chi connectivity index (χ1n) is 9.13. The summed E-state index contributed by atoms with van der Waals surface area (Å²) in [5, 5.41) is 12.9. The minimum atomic E-state index is -0.436. The Balaban J connectivity index is 2.03. The maximum Gasteiger partial charge on any atom is 0.255 e. The van der Waals surface area contributed by atoms with Crippen molar-refractivity contribution in [3.63, 3.8) is 0 Å². The summed E-state index contributed by atoms with van der Waals surface area (Å²) in [6, 6.07) is 13.3. The van der Waals surface area contributed by atoms with Crippen molar-refractivity contribution in [1.29, 1.82) is 5.26 Å². The molecule has 1 amide bonds. The monoisotopic (exact) mass is 376 g/mol. The molecule has 0 bridgehead atoms. The van der Waals surface area contributed by atoms with Crippen molar-refractivity contribution in [2.24, 2.45) is 5.41 Å². The van der Waals surface area contributed by atoms with E-state index in [0.717, 1.165) is 16.7 Å². The van der Waals surface area contributed by atoms with Crippen LogP contribution in [-0.4, -0.2) is 12.7 Å². The first-order valence-corrected chi connectivity index (χ1v) is 9.13. The number of hydrogen-bond donors (Lipinski definition) is 1. The normalized spacial score (nSPS) is 13.6. The lowest BCUT2D eigenvalue weighted by molar-refractivity contribution is 0.0957. The standard InChI is InChI=1S/C23H24N2O3/c1-14-8-15(2)10-17(9-14)18(12-24)21(23(3,4)5)25-22(26)16-6-7-19-20(11-16)28-13-27-19/h6-11H,13H2,1-5H3,(H,25,26). The fourth-order valence-electron chi connectivity index (χ4n) is 3.23. The van der Waals surface area contributed by atoms with Gasteiger partial charge in [0.1, 0.15) is 6.07 Å². The first-order chi connectivity index (χ1) is 13.2. The molecule has 0 saturated heterocycles. The van der Waals surface area contributed by atoms with E-state index in [-0.39, 0.29) is 12.7 Å².